The van der Waals surface area contributed by atoms with E-state index in [1.165, 1.54) is 5.56 Å². The molecule has 3 rings (SSSR count). The molecule has 0 saturated heterocycles. The number of anilines is 2. The smallest absolute Gasteiger partial charge is 0.252 e. The Kier molecular flexibility index (Phi) is 5.37. The van der Waals surface area contributed by atoms with Gasteiger partial charge in [-0.2, -0.15) is 0 Å². The summed E-state index contributed by atoms with van der Waals surface area (Å²) in [6.45, 7) is 6.09. The summed E-state index contributed by atoms with van der Waals surface area (Å²) < 4.78 is 5.02. The quantitative estimate of drug-likeness (QED) is 0.664. The van der Waals surface area contributed by atoms with E-state index in [2.05, 4.69) is 41.8 Å². The lowest BCUT2D eigenvalue weighted by Gasteiger charge is -2.20. The molecule has 26 heavy (non-hydrogen) atoms. The van der Waals surface area contributed by atoms with Gasteiger partial charge in [-0.1, -0.05) is 61.5 Å². The monoisotopic (exact) mass is 349 g/mol. The topological polar surface area (TPSA) is 67.2 Å². The largest absolute Gasteiger partial charge is 0.370 e. The molecule has 3 aromatic rings. The highest BCUT2D eigenvalue weighted by atomic mass is 16.5. The average Bonchev–Trinajstić information content (AvgIpc) is 3.05. The summed E-state index contributed by atoms with van der Waals surface area (Å²) in [5.41, 5.74) is 3.02. The maximum absolute atomic E-state index is 12.8. The normalized spacial score (nSPS) is 12.0. The number of amides is 1. The second-order valence-electron chi connectivity index (χ2n) is 6.58. The molecular formula is C21H23N3O2. The average molecular weight is 349 g/mol. The zero-order chi connectivity index (χ0) is 18.5. The number of hydrogen-bond donors (Lipinski definition) is 2. The zero-order valence-corrected chi connectivity index (χ0v) is 15.2. The number of carbonyl (C=O) groups excluding carboxylic acids is 1. The summed E-state index contributed by atoms with van der Waals surface area (Å²) in [6, 6.07) is 18.9. The summed E-state index contributed by atoms with van der Waals surface area (Å²) in [7, 11) is 0. The lowest BCUT2D eigenvalue weighted by molar-refractivity contribution is -0.117. The first-order valence-corrected chi connectivity index (χ1v) is 8.68. The van der Waals surface area contributed by atoms with Gasteiger partial charge >= 0.3 is 0 Å². The lowest BCUT2D eigenvalue weighted by Crippen LogP contribution is -2.27. The number of rotatable bonds is 6. The van der Waals surface area contributed by atoms with Gasteiger partial charge in [0.25, 0.3) is 5.91 Å². The molecule has 0 saturated carbocycles. The summed E-state index contributed by atoms with van der Waals surface area (Å²) in [5, 5.41) is 9.96. The second-order valence-corrected chi connectivity index (χ2v) is 6.58. The van der Waals surface area contributed by atoms with Crippen LogP contribution in [-0.2, 0) is 4.79 Å². The van der Waals surface area contributed by atoms with Crippen molar-refractivity contribution in [3.05, 3.63) is 77.6 Å². The van der Waals surface area contributed by atoms with Crippen LogP contribution in [0.4, 0.5) is 11.5 Å². The van der Waals surface area contributed by atoms with E-state index in [9.17, 15) is 4.79 Å². The third-order valence-corrected chi connectivity index (χ3v) is 4.16. The SMILES string of the molecule is Cc1cc(NC(=O)C(Nc2ccc(C(C)C)cc2)c2ccccc2)no1. The highest BCUT2D eigenvalue weighted by Gasteiger charge is 2.21. The van der Waals surface area contributed by atoms with E-state index < -0.39 is 6.04 Å². The summed E-state index contributed by atoms with van der Waals surface area (Å²) in [5.74, 6) is 1.32. The van der Waals surface area contributed by atoms with Gasteiger partial charge in [0.05, 0.1) is 0 Å². The number of carbonyl (C=O) groups is 1. The van der Waals surface area contributed by atoms with Crippen molar-refractivity contribution in [2.45, 2.75) is 32.7 Å². The van der Waals surface area contributed by atoms with Crippen molar-refractivity contribution < 1.29 is 9.32 Å². The van der Waals surface area contributed by atoms with Crippen LogP contribution in [-0.4, -0.2) is 11.1 Å². The Morgan fingerprint density at radius 1 is 1.00 bits per heavy atom. The van der Waals surface area contributed by atoms with Crippen LogP contribution in [0.5, 0.6) is 0 Å². The Bertz CT molecular complexity index is 854. The van der Waals surface area contributed by atoms with Gasteiger partial charge in [-0.25, -0.2) is 0 Å². The fraction of sp³-hybridized carbons (Fsp3) is 0.238. The van der Waals surface area contributed by atoms with Crippen LogP contribution in [0.2, 0.25) is 0 Å². The number of nitrogens with zero attached hydrogens (tertiary/aromatic N) is 1. The molecule has 1 heterocycles. The number of aromatic nitrogens is 1. The number of benzene rings is 2. The van der Waals surface area contributed by atoms with Crippen LogP contribution in [0.25, 0.3) is 0 Å². The van der Waals surface area contributed by atoms with Gasteiger partial charge in [0, 0.05) is 11.8 Å². The predicted molar refractivity (Wildman–Crippen MR) is 103 cm³/mol. The van der Waals surface area contributed by atoms with Gasteiger partial charge in [-0.15, -0.1) is 0 Å². The molecule has 1 atom stereocenters. The molecule has 0 aliphatic carbocycles. The first-order valence-electron chi connectivity index (χ1n) is 8.68. The van der Waals surface area contributed by atoms with Gasteiger partial charge in [0.2, 0.25) is 0 Å². The molecule has 1 aromatic heterocycles. The van der Waals surface area contributed by atoms with E-state index in [1.807, 2.05) is 42.5 Å². The molecule has 1 amide bonds. The standard InChI is InChI=1S/C21H23N3O2/c1-14(2)16-9-11-18(12-10-16)22-20(17-7-5-4-6-8-17)21(25)23-19-13-15(3)26-24-19/h4-14,20,22H,1-3H3,(H,23,24,25). The molecule has 5 nitrogen and oxygen atoms in total. The minimum Gasteiger partial charge on any atom is -0.370 e. The van der Waals surface area contributed by atoms with E-state index in [0.717, 1.165) is 11.3 Å². The van der Waals surface area contributed by atoms with Gasteiger partial charge in [0.1, 0.15) is 11.8 Å². The third-order valence-electron chi connectivity index (χ3n) is 4.16. The molecule has 0 radical (unpaired) electrons. The minimum absolute atomic E-state index is 0.197. The van der Waals surface area contributed by atoms with Gasteiger partial charge < -0.3 is 15.2 Å². The van der Waals surface area contributed by atoms with Crippen LogP contribution in [0, 0.1) is 6.92 Å². The third kappa shape index (κ3) is 4.30. The van der Waals surface area contributed by atoms with Gasteiger partial charge in [-0.3, -0.25) is 4.79 Å². The van der Waals surface area contributed by atoms with Gasteiger partial charge in [0.15, 0.2) is 5.82 Å². The van der Waals surface area contributed by atoms with E-state index >= 15 is 0 Å². The summed E-state index contributed by atoms with van der Waals surface area (Å²) in [6.07, 6.45) is 0. The maximum atomic E-state index is 12.8. The highest BCUT2D eigenvalue weighted by molar-refractivity contribution is 5.96. The van der Waals surface area contributed by atoms with Crippen molar-refractivity contribution >= 4 is 17.4 Å². The number of hydrogen-bond acceptors (Lipinski definition) is 4. The Hall–Kier alpha value is -3.08. The van der Waals surface area contributed by atoms with Crippen LogP contribution >= 0.6 is 0 Å². The number of nitrogens with one attached hydrogen (secondary N) is 2. The molecule has 0 aliphatic rings. The van der Waals surface area contributed by atoms with Crippen molar-refractivity contribution in [2.24, 2.45) is 0 Å². The van der Waals surface area contributed by atoms with Crippen LogP contribution in [0.1, 0.15) is 42.7 Å². The van der Waals surface area contributed by atoms with E-state index in [1.54, 1.807) is 13.0 Å². The fourth-order valence-corrected chi connectivity index (χ4v) is 2.70. The molecule has 2 aromatic carbocycles. The molecular weight excluding hydrogens is 326 g/mol. The molecule has 1 unspecified atom stereocenters. The molecule has 134 valence electrons. The first-order chi connectivity index (χ1) is 12.5. The molecule has 5 heteroatoms. The van der Waals surface area contributed by atoms with Gasteiger partial charge in [-0.05, 0) is 36.1 Å². The van der Waals surface area contributed by atoms with Crippen LogP contribution in [0.3, 0.4) is 0 Å². The van der Waals surface area contributed by atoms with Crippen molar-refractivity contribution in [3.63, 3.8) is 0 Å². The van der Waals surface area contributed by atoms with E-state index in [-0.39, 0.29) is 5.91 Å². The molecule has 0 bridgehead atoms. The Morgan fingerprint density at radius 3 is 2.27 bits per heavy atom. The predicted octanol–water partition coefficient (Wildman–Crippen LogP) is 4.90. The number of aryl methyl sites for hydroxylation is 1. The molecule has 0 fully saturated rings. The Labute approximate surface area is 153 Å². The van der Waals surface area contributed by atoms with E-state index in [4.69, 9.17) is 4.52 Å². The molecule has 0 spiro atoms. The Morgan fingerprint density at radius 2 is 1.69 bits per heavy atom. The molecule has 0 aliphatic heterocycles. The van der Waals surface area contributed by atoms with Crippen molar-refractivity contribution in [1.82, 2.24) is 5.16 Å². The molecule has 2 N–H and O–H groups in total. The summed E-state index contributed by atoms with van der Waals surface area (Å²) >= 11 is 0. The van der Waals surface area contributed by atoms with Crippen LogP contribution in [0.15, 0.2) is 65.2 Å². The second kappa shape index (κ2) is 7.87. The lowest BCUT2D eigenvalue weighted by atomic mass is 10.0. The van der Waals surface area contributed by atoms with Crippen molar-refractivity contribution in [3.8, 4) is 0 Å². The summed E-state index contributed by atoms with van der Waals surface area (Å²) in [4.78, 5) is 12.8. The first kappa shape index (κ1) is 17.7. The minimum atomic E-state index is -0.543. The van der Waals surface area contributed by atoms with E-state index in [0.29, 0.717) is 17.5 Å². The maximum Gasteiger partial charge on any atom is 0.252 e. The van der Waals surface area contributed by atoms with Crippen molar-refractivity contribution in [2.75, 3.05) is 10.6 Å². The van der Waals surface area contributed by atoms with Crippen molar-refractivity contribution in [1.29, 1.82) is 0 Å². The van der Waals surface area contributed by atoms with Crippen LogP contribution < -0.4 is 10.6 Å². The fourth-order valence-electron chi connectivity index (χ4n) is 2.70. The zero-order valence-electron chi connectivity index (χ0n) is 15.2. The Balaban J connectivity index is 1.82. The highest BCUT2D eigenvalue weighted by Crippen LogP contribution is 2.23.